The van der Waals surface area contributed by atoms with Crippen molar-refractivity contribution in [2.24, 2.45) is 0 Å². The highest BCUT2D eigenvalue weighted by Gasteiger charge is 2.08. The number of fused-ring (bicyclic) bond motifs is 1. The highest BCUT2D eigenvalue weighted by atomic mass is 16.6. The largest absolute Gasteiger partial charge is 0.490 e. The number of hydrogen-bond acceptors (Lipinski definition) is 6. The first-order valence-corrected chi connectivity index (χ1v) is 8.76. The summed E-state index contributed by atoms with van der Waals surface area (Å²) in [5.41, 5.74) is 0.865. The molecule has 1 aliphatic rings. The van der Waals surface area contributed by atoms with Gasteiger partial charge in [-0.2, -0.15) is 0 Å². The molecule has 0 saturated heterocycles. The summed E-state index contributed by atoms with van der Waals surface area (Å²) in [6.07, 6.45) is 6.28. The second-order valence-corrected chi connectivity index (χ2v) is 5.68. The zero-order valence-corrected chi connectivity index (χ0v) is 14.8. The summed E-state index contributed by atoms with van der Waals surface area (Å²) in [7, 11) is 1.86. The summed E-state index contributed by atoms with van der Waals surface area (Å²) in [5, 5.41) is 2.98. The van der Waals surface area contributed by atoms with Crippen LogP contribution in [0.15, 0.2) is 24.3 Å². The van der Waals surface area contributed by atoms with Gasteiger partial charge in [0.25, 0.3) is 0 Å². The van der Waals surface area contributed by atoms with E-state index in [2.05, 4.69) is 5.32 Å². The molecule has 0 unspecified atom stereocenters. The van der Waals surface area contributed by atoms with Crippen molar-refractivity contribution in [3.63, 3.8) is 0 Å². The van der Waals surface area contributed by atoms with Crippen molar-refractivity contribution in [3.8, 4) is 11.5 Å². The molecule has 0 atom stereocenters. The molecule has 1 aliphatic heterocycles. The van der Waals surface area contributed by atoms with Crippen LogP contribution in [0.5, 0.6) is 11.5 Å². The van der Waals surface area contributed by atoms with Crippen LogP contribution in [-0.4, -0.2) is 52.6 Å². The van der Waals surface area contributed by atoms with Gasteiger partial charge in [-0.05, 0) is 50.1 Å². The Labute approximate surface area is 149 Å². The van der Waals surface area contributed by atoms with Crippen LogP contribution >= 0.6 is 0 Å². The molecule has 0 bridgehead atoms. The lowest BCUT2D eigenvalue weighted by molar-refractivity contribution is -0.139. The molecule has 6 heteroatoms. The lowest BCUT2D eigenvalue weighted by Gasteiger charge is -2.11. The third-order valence-corrected chi connectivity index (χ3v) is 3.65. The normalized spacial score (nSPS) is 14.6. The van der Waals surface area contributed by atoms with Gasteiger partial charge >= 0.3 is 5.97 Å². The molecule has 6 nitrogen and oxygen atoms in total. The Morgan fingerprint density at radius 1 is 1.12 bits per heavy atom. The number of hydrogen-bond donors (Lipinski definition) is 1. The van der Waals surface area contributed by atoms with E-state index in [0.29, 0.717) is 26.4 Å². The molecule has 1 aromatic rings. The quantitative estimate of drug-likeness (QED) is 0.442. The number of esters is 1. The SMILES string of the molecule is CNCCOCCOC(=O)/C=C/c1ccc2c(c1)OCCCCCO2. The van der Waals surface area contributed by atoms with E-state index in [1.807, 2.05) is 25.2 Å². The third kappa shape index (κ3) is 7.58. The number of rotatable bonds is 8. The Morgan fingerprint density at radius 3 is 2.72 bits per heavy atom. The molecular weight excluding hydrogens is 322 g/mol. The van der Waals surface area contributed by atoms with Crippen LogP contribution in [0, 0.1) is 0 Å². The summed E-state index contributed by atoms with van der Waals surface area (Å²) in [5.74, 6) is 1.08. The van der Waals surface area contributed by atoms with E-state index < -0.39 is 5.97 Å². The predicted molar refractivity (Wildman–Crippen MR) is 96.0 cm³/mol. The maximum atomic E-state index is 11.7. The van der Waals surface area contributed by atoms with Crippen LogP contribution in [0.1, 0.15) is 24.8 Å². The van der Waals surface area contributed by atoms with Crippen LogP contribution < -0.4 is 14.8 Å². The summed E-state index contributed by atoms with van der Waals surface area (Å²) >= 11 is 0. The second-order valence-electron chi connectivity index (χ2n) is 5.68. The van der Waals surface area contributed by atoms with Gasteiger partial charge < -0.3 is 24.3 Å². The van der Waals surface area contributed by atoms with Crippen LogP contribution in [0.2, 0.25) is 0 Å². The van der Waals surface area contributed by atoms with E-state index in [9.17, 15) is 4.79 Å². The standard InChI is InChI=1S/C19H27NO5/c1-20-9-12-22-13-14-25-19(21)8-6-16-5-7-17-18(15-16)24-11-4-2-3-10-23-17/h5-8,15,20H,2-4,9-14H2,1H3/b8-6+. The van der Waals surface area contributed by atoms with Crippen molar-refractivity contribution in [1.29, 1.82) is 0 Å². The predicted octanol–water partition coefficient (Wildman–Crippen LogP) is 2.42. The van der Waals surface area contributed by atoms with Crippen molar-refractivity contribution < 1.29 is 23.7 Å². The number of likely N-dealkylation sites (N-methyl/N-ethyl adjacent to an activating group) is 1. The summed E-state index contributed by atoms with van der Waals surface area (Å²) in [6, 6.07) is 5.65. The Hall–Kier alpha value is -2.05. The Balaban J connectivity index is 1.80. The fourth-order valence-electron chi connectivity index (χ4n) is 2.30. The topological polar surface area (TPSA) is 66.0 Å². The number of carbonyl (C=O) groups is 1. The van der Waals surface area contributed by atoms with Crippen molar-refractivity contribution in [3.05, 3.63) is 29.8 Å². The van der Waals surface area contributed by atoms with Crippen molar-refractivity contribution >= 4 is 12.0 Å². The third-order valence-electron chi connectivity index (χ3n) is 3.65. The molecule has 0 saturated carbocycles. The van der Waals surface area contributed by atoms with E-state index in [1.165, 1.54) is 6.08 Å². The van der Waals surface area contributed by atoms with Crippen LogP contribution in [0.3, 0.4) is 0 Å². The van der Waals surface area contributed by atoms with Gasteiger partial charge in [0, 0.05) is 12.6 Å². The molecule has 0 amide bonds. The molecule has 0 aromatic heterocycles. The zero-order valence-electron chi connectivity index (χ0n) is 14.8. The Kier molecular flexibility index (Phi) is 8.86. The lowest BCUT2D eigenvalue weighted by atomic mass is 10.2. The Bertz CT molecular complexity index is 559. The smallest absolute Gasteiger partial charge is 0.330 e. The molecule has 0 fully saturated rings. The minimum atomic E-state index is -0.391. The van der Waals surface area contributed by atoms with E-state index in [1.54, 1.807) is 6.08 Å². The van der Waals surface area contributed by atoms with Gasteiger partial charge in [-0.15, -0.1) is 0 Å². The van der Waals surface area contributed by atoms with Gasteiger partial charge in [0.15, 0.2) is 11.5 Å². The van der Waals surface area contributed by atoms with Crippen molar-refractivity contribution in [1.82, 2.24) is 5.32 Å². The van der Waals surface area contributed by atoms with Gasteiger partial charge in [0.2, 0.25) is 0 Å². The van der Waals surface area contributed by atoms with E-state index in [4.69, 9.17) is 18.9 Å². The Morgan fingerprint density at radius 2 is 1.92 bits per heavy atom. The van der Waals surface area contributed by atoms with Crippen LogP contribution in [0.25, 0.3) is 6.08 Å². The van der Waals surface area contributed by atoms with E-state index in [-0.39, 0.29) is 6.61 Å². The molecule has 2 rings (SSSR count). The molecule has 138 valence electrons. The fraction of sp³-hybridized carbons (Fsp3) is 0.526. The molecular formula is C19H27NO5. The maximum absolute atomic E-state index is 11.7. The number of carbonyl (C=O) groups excluding carboxylic acids is 1. The molecule has 0 radical (unpaired) electrons. The molecule has 1 aromatic carbocycles. The highest BCUT2D eigenvalue weighted by molar-refractivity contribution is 5.87. The number of nitrogens with one attached hydrogen (secondary N) is 1. The summed E-state index contributed by atoms with van der Waals surface area (Å²) < 4.78 is 21.9. The first-order chi connectivity index (χ1) is 12.3. The summed E-state index contributed by atoms with van der Waals surface area (Å²) in [6.45, 7) is 3.39. The molecule has 1 heterocycles. The van der Waals surface area contributed by atoms with Crippen LogP contribution in [-0.2, 0) is 14.3 Å². The number of benzene rings is 1. The maximum Gasteiger partial charge on any atom is 0.330 e. The van der Waals surface area contributed by atoms with E-state index in [0.717, 1.165) is 42.9 Å². The van der Waals surface area contributed by atoms with Crippen molar-refractivity contribution in [2.45, 2.75) is 19.3 Å². The first kappa shape index (κ1) is 19.3. The second kappa shape index (κ2) is 11.5. The van der Waals surface area contributed by atoms with Gasteiger partial charge in [-0.3, -0.25) is 0 Å². The minimum absolute atomic E-state index is 0.244. The average molecular weight is 349 g/mol. The highest BCUT2D eigenvalue weighted by Crippen LogP contribution is 2.30. The molecule has 1 N–H and O–H groups in total. The first-order valence-electron chi connectivity index (χ1n) is 8.76. The lowest BCUT2D eigenvalue weighted by Crippen LogP contribution is -2.16. The van der Waals surface area contributed by atoms with Crippen LogP contribution in [0.4, 0.5) is 0 Å². The van der Waals surface area contributed by atoms with Crippen molar-refractivity contribution in [2.75, 3.05) is 46.6 Å². The molecule has 25 heavy (non-hydrogen) atoms. The van der Waals surface area contributed by atoms with Gasteiger partial charge in [-0.25, -0.2) is 4.79 Å². The monoisotopic (exact) mass is 349 g/mol. The molecule has 0 aliphatic carbocycles. The van der Waals surface area contributed by atoms with Gasteiger partial charge in [-0.1, -0.05) is 6.07 Å². The zero-order chi connectivity index (χ0) is 17.7. The summed E-state index contributed by atoms with van der Waals surface area (Å²) in [4.78, 5) is 11.7. The van der Waals surface area contributed by atoms with Gasteiger partial charge in [0.05, 0.1) is 26.4 Å². The fourth-order valence-corrected chi connectivity index (χ4v) is 2.30. The van der Waals surface area contributed by atoms with E-state index >= 15 is 0 Å². The average Bonchev–Trinajstić information content (AvgIpc) is 2.74. The minimum Gasteiger partial charge on any atom is -0.490 e. The number of ether oxygens (including phenoxy) is 4. The van der Waals surface area contributed by atoms with Gasteiger partial charge in [0.1, 0.15) is 6.61 Å². The molecule has 0 spiro atoms.